The lowest BCUT2D eigenvalue weighted by atomic mass is 10.0. The van der Waals surface area contributed by atoms with Gasteiger partial charge in [-0.1, -0.05) is 29.8 Å². The van der Waals surface area contributed by atoms with Gasteiger partial charge in [-0.05, 0) is 32.8 Å². The van der Waals surface area contributed by atoms with E-state index >= 15 is 0 Å². The second-order valence-electron chi connectivity index (χ2n) is 5.48. The van der Waals surface area contributed by atoms with Crippen LogP contribution in [-0.4, -0.2) is 20.8 Å². The van der Waals surface area contributed by atoms with Gasteiger partial charge in [0.2, 0.25) is 0 Å². The van der Waals surface area contributed by atoms with Crippen molar-refractivity contribution < 1.29 is 0 Å². The molecule has 0 saturated heterocycles. The van der Waals surface area contributed by atoms with Crippen molar-refractivity contribution in [1.82, 2.24) is 20.2 Å². The largest absolute Gasteiger partial charge is 0.271 e. The first-order valence-corrected chi connectivity index (χ1v) is 7.00. The van der Waals surface area contributed by atoms with E-state index in [1.54, 1.807) is 6.33 Å². The zero-order valence-corrected chi connectivity index (χ0v) is 12.4. The summed E-state index contributed by atoms with van der Waals surface area (Å²) >= 11 is 0. The van der Waals surface area contributed by atoms with Gasteiger partial charge in [0.05, 0.1) is 0 Å². The molecule has 5 nitrogen and oxygen atoms in total. The third-order valence-electron chi connectivity index (χ3n) is 3.37. The van der Waals surface area contributed by atoms with Crippen LogP contribution in [0.4, 0.5) is 0 Å². The van der Waals surface area contributed by atoms with Gasteiger partial charge in [0.25, 0.3) is 0 Å². The summed E-state index contributed by atoms with van der Waals surface area (Å²) in [5.74, 6) is 6.66. The summed E-state index contributed by atoms with van der Waals surface area (Å²) in [6, 6.07) is 8.96. The molecule has 1 unspecified atom stereocenters. The zero-order valence-electron chi connectivity index (χ0n) is 12.4. The Morgan fingerprint density at radius 3 is 2.75 bits per heavy atom. The smallest absolute Gasteiger partial charge is 0.138 e. The molecule has 0 spiro atoms. The number of hydrazine groups is 1. The highest BCUT2D eigenvalue weighted by Crippen LogP contribution is 2.11. The minimum atomic E-state index is 0.151. The maximum Gasteiger partial charge on any atom is 0.138 e. The molecule has 1 atom stereocenters. The van der Waals surface area contributed by atoms with Gasteiger partial charge < -0.3 is 0 Å². The van der Waals surface area contributed by atoms with Gasteiger partial charge in [0, 0.05) is 18.5 Å². The van der Waals surface area contributed by atoms with Gasteiger partial charge in [0.1, 0.15) is 12.2 Å². The Kier molecular flexibility index (Phi) is 4.87. The molecule has 20 heavy (non-hydrogen) atoms. The van der Waals surface area contributed by atoms with Crippen LogP contribution >= 0.6 is 0 Å². The first-order valence-electron chi connectivity index (χ1n) is 7.00. The van der Waals surface area contributed by atoms with E-state index in [0.29, 0.717) is 6.04 Å². The molecule has 0 saturated carbocycles. The fraction of sp³-hybridized carbons (Fsp3) is 0.467. The van der Waals surface area contributed by atoms with E-state index in [1.807, 2.05) is 4.68 Å². The second-order valence-corrected chi connectivity index (χ2v) is 5.48. The number of rotatable bonds is 6. The van der Waals surface area contributed by atoms with E-state index in [1.165, 1.54) is 11.1 Å². The molecule has 1 aromatic heterocycles. The van der Waals surface area contributed by atoms with Crippen LogP contribution in [0.15, 0.2) is 30.6 Å². The Morgan fingerprint density at radius 2 is 2.10 bits per heavy atom. The van der Waals surface area contributed by atoms with Crippen molar-refractivity contribution in [2.24, 2.45) is 5.84 Å². The molecule has 2 aromatic rings. The normalized spacial score (nSPS) is 12.8. The molecule has 3 N–H and O–H groups in total. The average Bonchev–Trinajstić information content (AvgIpc) is 2.86. The number of benzene rings is 1. The van der Waals surface area contributed by atoms with Gasteiger partial charge in [0.15, 0.2) is 0 Å². The summed E-state index contributed by atoms with van der Waals surface area (Å²) in [5, 5.41) is 4.26. The van der Waals surface area contributed by atoms with Crippen LogP contribution < -0.4 is 11.3 Å². The number of hydrogen-bond acceptors (Lipinski definition) is 4. The maximum atomic E-state index is 5.69. The highest BCUT2D eigenvalue weighted by Gasteiger charge is 2.14. The highest BCUT2D eigenvalue weighted by molar-refractivity contribution is 5.23. The van der Waals surface area contributed by atoms with Crippen LogP contribution in [0.25, 0.3) is 0 Å². The molecule has 0 fully saturated rings. The molecule has 1 heterocycles. The van der Waals surface area contributed by atoms with Crippen LogP contribution in [0.1, 0.15) is 36.8 Å². The van der Waals surface area contributed by atoms with Gasteiger partial charge >= 0.3 is 0 Å². The number of nitrogens with one attached hydrogen (secondary N) is 1. The molecule has 1 aromatic carbocycles. The first-order chi connectivity index (χ1) is 9.60. The van der Waals surface area contributed by atoms with Crippen molar-refractivity contribution in [1.29, 1.82) is 0 Å². The molecule has 2 rings (SSSR count). The highest BCUT2D eigenvalue weighted by atomic mass is 15.3. The minimum Gasteiger partial charge on any atom is -0.271 e. The van der Waals surface area contributed by atoms with Crippen molar-refractivity contribution in [2.75, 3.05) is 0 Å². The van der Waals surface area contributed by atoms with Gasteiger partial charge in [-0.2, -0.15) is 5.10 Å². The Morgan fingerprint density at radius 1 is 1.30 bits per heavy atom. The van der Waals surface area contributed by atoms with Crippen LogP contribution in [0.5, 0.6) is 0 Å². The van der Waals surface area contributed by atoms with Crippen LogP contribution in [-0.2, 0) is 12.8 Å². The number of aryl methyl sites for hydroxylation is 1. The van der Waals surface area contributed by atoms with E-state index < -0.39 is 0 Å². The SMILES string of the molecule is Cc1cccc(CC(Cc2ncnn2C(C)C)NN)c1. The van der Waals surface area contributed by atoms with Crippen molar-refractivity contribution in [3.63, 3.8) is 0 Å². The number of nitrogens with zero attached hydrogens (tertiary/aromatic N) is 3. The number of nitrogens with two attached hydrogens (primary N) is 1. The predicted octanol–water partition coefficient (Wildman–Crippen LogP) is 1.78. The fourth-order valence-corrected chi connectivity index (χ4v) is 2.39. The molecule has 0 aliphatic rings. The number of hydrogen-bond donors (Lipinski definition) is 2. The summed E-state index contributed by atoms with van der Waals surface area (Å²) in [6.07, 6.45) is 3.25. The summed E-state index contributed by atoms with van der Waals surface area (Å²) < 4.78 is 1.95. The molecular weight excluding hydrogens is 250 g/mol. The standard InChI is InChI=1S/C15H23N5/c1-11(2)20-15(17-10-18-20)9-14(19-16)8-13-6-4-5-12(3)7-13/h4-7,10-11,14,19H,8-9,16H2,1-3H3. The van der Waals surface area contributed by atoms with Crippen molar-refractivity contribution >= 4 is 0 Å². The molecule has 0 aliphatic heterocycles. The zero-order chi connectivity index (χ0) is 14.5. The lowest BCUT2D eigenvalue weighted by Gasteiger charge is -2.17. The summed E-state index contributed by atoms with van der Waals surface area (Å²) in [5.41, 5.74) is 5.44. The lowest BCUT2D eigenvalue weighted by Crippen LogP contribution is -2.39. The van der Waals surface area contributed by atoms with E-state index in [9.17, 15) is 0 Å². The molecule has 108 valence electrons. The molecule has 5 heteroatoms. The van der Waals surface area contributed by atoms with Crippen LogP contribution in [0.3, 0.4) is 0 Å². The third kappa shape index (κ3) is 3.65. The Balaban J connectivity index is 2.07. The third-order valence-corrected chi connectivity index (χ3v) is 3.37. The predicted molar refractivity (Wildman–Crippen MR) is 80.1 cm³/mol. The van der Waals surface area contributed by atoms with Crippen LogP contribution in [0.2, 0.25) is 0 Å². The Labute approximate surface area is 120 Å². The minimum absolute atomic E-state index is 0.151. The quantitative estimate of drug-likeness (QED) is 0.622. The Bertz CT molecular complexity index is 547. The molecule has 0 radical (unpaired) electrons. The first kappa shape index (κ1) is 14.7. The maximum absolute atomic E-state index is 5.69. The summed E-state index contributed by atoms with van der Waals surface area (Å²) in [7, 11) is 0. The molecule has 0 bridgehead atoms. The fourth-order valence-electron chi connectivity index (χ4n) is 2.39. The van der Waals surface area contributed by atoms with Gasteiger partial charge in [-0.3, -0.25) is 11.3 Å². The average molecular weight is 273 g/mol. The summed E-state index contributed by atoms with van der Waals surface area (Å²) in [6.45, 7) is 6.30. The van der Waals surface area contributed by atoms with Crippen molar-refractivity contribution in [3.8, 4) is 0 Å². The van der Waals surface area contributed by atoms with Gasteiger partial charge in [-0.25, -0.2) is 9.67 Å². The van der Waals surface area contributed by atoms with E-state index in [4.69, 9.17) is 5.84 Å². The second kappa shape index (κ2) is 6.63. The van der Waals surface area contributed by atoms with E-state index in [2.05, 4.69) is 60.5 Å². The Hall–Kier alpha value is -1.72. The number of aromatic nitrogens is 3. The van der Waals surface area contributed by atoms with Crippen molar-refractivity contribution in [2.45, 2.75) is 45.7 Å². The molecule has 0 amide bonds. The van der Waals surface area contributed by atoms with E-state index in [0.717, 1.165) is 18.7 Å². The summed E-state index contributed by atoms with van der Waals surface area (Å²) in [4.78, 5) is 4.34. The topological polar surface area (TPSA) is 68.8 Å². The molecular formula is C15H23N5. The lowest BCUT2D eigenvalue weighted by molar-refractivity contribution is 0.459. The van der Waals surface area contributed by atoms with Crippen LogP contribution in [0, 0.1) is 6.92 Å². The van der Waals surface area contributed by atoms with Gasteiger partial charge in [-0.15, -0.1) is 0 Å². The monoisotopic (exact) mass is 273 g/mol. The van der Waals surface area contributed by atoms with Crippen molar-refractivity contribution in [3.05, 3.63) is 47.5 Å². The molecule has 0 aliphatic carbocycles. The van der Waals surface area contributed by atoms with E-state index in [-0.39, 0.29) is 6.04 Å².